The van der Waals surface area contributed by atoms with E-state index in [1.807, 2.05) is 20.8 Å². The van der Waals surface area contributed by atoms with Crippen molar-refractivity contribution >= 4 is 5.91 Å². The first-order valence-electron chi connectivity index (χ1n) is 6.33. The molecule has 5 nitrogen and oxygen atoms in total. The number of nitrogens with two attached hydrogens (primary N) is 1. The Bertz CT molecular complexity index is 458. The molecule has 0 radical (unpaired) electrons. The van der Waals surface area contributed by atoms with Gasteiger partial charge in [-0.15, -0.1) is 0 Å². The van der Waals surface area contributed by atoms with Crippen LogP contribution in [-0.4, -0.2) is 27.7 Å². The number of nitrogens with one attached hydrogen (secondary N) is 1. The normalized spacial score (nSPS) is 13.1. The van der Waals surface area contributed by atoms with Crippen molar-refractivity contribution in [3.05, 3.63) is 23.8 Å². The number of phenols is 2. The summed E-state index contributed by atoms with van der Waals surface area (Å²) in [6.07, 6.45) is 1.12. The van der Waals surface area contributed by atoms with Gasteiger partial charge in [-0.25, -0.2) is 0 Å². The molecular weight excluding hydrogens is 244 g/mol. The molecule has 19 heavy (non-hydrogen) atoms. The predicted octanol–water partition coefficient (Wildman–Crippen LogP) is 1.27. The molecule has 1 aromatic rings. The number of hydrogen-bond donors (Lipinski definition) is 4. The SMILES string of the molecule is CCC(C)(C)NC(=O)[C@@H](N)Cc1ccc(O)c(O)c1. The van der Waals surface area contributed by atoms with Gasteiger partial charge in [-0.2, -0.15) is 0 Å². The Kier molecular flexibility index (Phi) is 4.78. The quantitative estimate of drug-likeness (QED) is 0.604. The summed E-state index contributed by atoms with van der Waals surface area (Å²) in [7, 11) is 0. The lowest BCUT2D eigenvalue weighted by atomic mass is 10.00. The number of carbonyl (C=O) groups is 1. The lowest BCUT2D eigenvalue weighted by Gasteiger charge is -2.26. The molecule has 5 N–H and O–H groups in total. The van der Waals surface area contributed by atoms with Crippen LogP contribution in [0.2, 0.25) is 0 Å². The summed E-state index contributed by atoms with van der Waals surface area (Å²) in [5, 5.41) is 21.5. The van der Waals surface area contributed by atoms with Crippen molar-refractivity contribution in [2.24, 2.45) is 5.73 Å². The van der Waals surface area contributed by atoms with Crippen molar-refractivity contribution < 1.29 is 15.0 Å². The first-order chi connectivity index (χ1) is 8.75. The zero-order valence-electron chi connectivity index (χ0n) is 11.6. The van der Waals surface area contributed by atoms with E-state index in [9.17, 15) is 15.0 Å². The Morgan fingerprint density at radius 3 is 2.53 bits per heavy atom. The van der Waals surface area contributed by atoms with Gasteiger partial charge in [0, 0.05) is 5.54 Å². The minimum Gasteiger partial charge on any atom is -0.504 e. The second-order valence-electron chi connectivity index (χ2n) is 5.36. The molecule has 5 heteroatoms. The average molecular weight is 266 g/mol. The highest BCUT2D eigenvalue weighted by molar-refractivity contribution is 5.82. The fourth-order valence-electron chi connectivity index (χ4n) is 1.56. The zero-order chi connectivity index (χ0) is 14.6. The Balaban J connectivity index is 2.66. The summed E-state index contributed by atoms with van der Waals surface area (Å²) >= 11 is 0. The van der Waals surface area contributed by atoms with E-state index in [0.717, 1.165) is 6.42 Å². The van der Waals surface area contributed by atoms with E-state index in [0.29, 0.717) is 12.0 Å². The maximum Gasteiger partial charge on any atom is 0.237 e. The molecule has 1 amide bonds. The molecular formula is C14H22N2O3. The number of hydrogen-bond acceptors (Lipinski definition) is 4. The fraction of sp³-hybridized carbons (Fsp3) is 0.500. The summed E-state index contributed by atoms with van der Waals surface area (Å²) in [5.74, 6) is -0.618. The Hall–Kier alpha value is -1.75. The van der Waals surface area contributed by atoms with Gasteiger partial charge in [0.15, 0.2) is 11.5 Å². The van der Waals surface area contributed by atoms with Crippen molar-refractivity contribution in [3.63, 3.8) is 0 Å². The molecule has 0 aliphatic rings. The maximum atomic E-state index is 11.9. The first-order valence-corrected chi connectivity index (χ1v) is 6.33. The van der Waals surface area contributed by atoms with Crippen LogP contribution in [-0.2, 0) is 11.2 Å². The molecule has 0 aliphatic carbocycles. The van der Waals surface area contributed by atoms with E-state index in [-0.39, 0.29) is 22.9 Å². The van der Waals surface area contributed by atoms with Crippen LogP contribution >= 0.6 is 0 Å². The number of phenolic OH excluding ortho intramolecular Hbond substituents is 2. The van der Waals surface area contributed by atoms with Crippen molar-refractivity contribution in [3.8, 4) is 11.5 Å². The van der Waals surface area contributed by atoms with Crippen LogP contribution in [0.3, 0.4) is 0 Å². The fourth-order valence-corrected chi connectivity index (χ4v) is 1.56. The lowest BCUT2D eigenvalue weighted by Crippen LogP contribution is -2.50. The molecule has 0 unspecified atom stereocenters. The molecule has 0 fully saturated rings. The van der Waals surface area contributed by atoms with Gasteiger partial charge in [0.1, 0.15) is 0 Å². The van der Waals surface area contributed by atoms with E-state index in [4.69, 9.17) is 5.73 Å². The highest BCUT2D eigenvalue weighted by atomic mass is 16.3. The number of benzene rings is 1. The summed E-state index contributed by atoms with van der Waals surface area (Å²) in [6.45, 7) is 5.86. The van der Waals surface area contributed by atoms with E-state index < -0.39 is 6.04 Å². The van der Waals surface area contributed by atoms with Crippen molar-refractivity contribution in [1.82, 2.24) is 5.32 Å². The largest absolute Gasteiger partial charge is 0.504 e. The number of amides is 1. The zero-order valence-corrected chi connectivity index (χ0v) is 11.6. The van der Waals surface area contributed by atoms with Gasteiger partial charge in [-0.3, -0.25) is 4.79 Å². The van der Waals surface area contributed by atoms with Crippen LogP contribution in [0.4, 0.5) is 0 Å². The molecule has 0 aromatic heterocycles. The molecule has 106 valence electrons. The van der Waals surface area contributed by atoms with Crippen molar-refractivity contribution in [2.75, 3.05) is 0 Å². The summed E-state index contributed by atoms with van der Waals surface area (Å²) in [4.78, 5) is 11.9. The molecule has 1 rings (SSSR count). The van der Waals surface area contributed by atoms with Gasteiger partial charge in [-0.1, -0.05) is 13.0 Å². The monoisotopic (exact) mass is 266 g/mol. The lowest BCUT2D eigenvalue weighted by molar-refractivity contribution is -0.124. The van der Waals surface area contributed by atoms with Gasteiger partial charge < -0.3 is 21.3 Å². The summed E-state index contributed by atoms with van der Waals surface area (Å²) < 4.78 is 0. The van der Waals surface area contributed by atoms with Crippen molar-refractivity contribution in [2.45, 2.75) is 45.2 Å². The summed E-state index contributed by atoms with van der Waals surface area (Å²) in [5.41, 5.74) is 6.26. The highest BCUT2D eigenvalue weighted by Gasteiger charge is 2.22. The Morgan fingerprint density at radius 1 is 1.37 bits per heavy atom. The van der Waals surface area contributed by atoms with Crippen LogP contribution in [0.15, 0.2) is 18.2 Å². The van der Waals surface area contributed by atoms with Gasteiger partial charge in [0.05, 0.1) is 6.04 Å². The second-order valence-corrected chi connectivity index (χ2v) is 5.36. The molecule has 0 aliphatic heterocycles. The number of rotatable bonds is 5. The van der Waals surface area contributed by atoms with Crippen LogP contribution in [0.25, 0.3) is 0 Å². The van der Waals surface area contributed by atoms with Gasteiger partial charge in [0.25, 0.3) is 0 Å². The van der Waals surface area contributed by atoms with Crippen LogP contribution in [0.5, 0.6) is 11.5 Å². The topological polar surface area (TPSA) is 95.6 Å². The molecule has 1 aromatic carbocycles. The number of carbonyl (C=O) groups excluding carboxylic acids is 1. The van der Waals surface area contributed by atoms with E-state index >= 15 is 0 Å². The third kappa shape index (κ3) is 4.44. The smallest absolute Gasteiger partial charge is 0.237 e. The maximum absolute atomic E-state index is 11.9. The minimum absolute atomic E-state index is 0.186. The minimum atomic E-state index is -0.685. The Labute approximate surface area is 113 Å². The molecule has 0 saturated carbocycles. The standard InChI is InChI=1S/C14H22N2O3/c1-4-14(2,3)16-13(19)10(15)7-9-5-6-11(17)12(18)8-9/h5-6,8,10,17-18H,4,7,15H2,1-3H3,(H,16,19)/t10-/m0/s1. The predicted molar refractivity (Wildman–Crippen MR) is 74.0 cm³/mol. The third-order valence-electron chi connectivity index (χ3n) is 3.18. The Morgan fingerprint density at radius 2 is 2.00 bits per heavy atom. The molecule has 0 heterocycles. The molecule has 0 bridgehead atoms. The van der Waals surface area contributed by atoms with Crippen molar-refractivity contribution in [1.29, 1.82) is 0 Å². The number of aromatic hydroxyl groups is 2. The van der Waals surface area contributed by atoms with E-state index in [1.165, 1.54) is 12.1 Å². The van der Waals surface area contributed by atoms with Gasteiger partial charge in [0.2, 0.25) is 5.91 Å². The van der Waals surface area contributed by atoms with Crippen LogP contribution in [0.1, 0.15) is 32.8 Å². The highest BCUT2D eigenvalue weighted by Crippen LogP contribution is 2.25. The molecule has 0 spiro atoms. The van der Waals surface area contributed by atoms with E-state index in [2.05, 4.69) is 5.32 Å². The average Bonchev–Trinajstić information content (AvgIpc) is 2.33. The third-order valence-corrected chi connectivity index (χ3v) is 3.18. The first kappa shape index (κ1) is 15.3. The summed E-state index contributed by atoms with van der Waals surface area (Å²) in [6, 6.07) is 3.74. The van der Waals surface area contributed by atoms with Crippen LogP contribution < -0.4 is 11.1 Å². The van der Waals surface area contributed by atoms with Crippen LogP contribution in [0, 0.1) is 0 Å². The molecule has 0 saturated heterocycles. The second kappa shape index (κ2) is 5.93. The van der Waals surface area contributed by atoms with Gasteiger partial charge in [-0.05, 0) is 44.4 Å². The van der Waals surface area contributed by atoms with Gasteiger partial charge >= 0.3 is 0 Å². The van der Waals surface area contributed by atoms with E-state index in [1.54, 1.807) is 6.07 Å². The molecule has 1 atom stereocenters.